The number of pyridine rings is 1. The second-order valence-corrected chi connectivity index (χ2v) is 7.38. The van der Waals surface area contributed by atoms with Gasteiger partial charge in [0.15, 0.2) is 11.5 Å². The summed E-state index contributed by atoms with van der Waals surface area (Å²) in [5, 5.41) is 5.67. The zero-order valence-electron chi connectivity index (χ0n) is 15.3. The first-order chi connectivity index (χ1) is 13.6. The lowest BCUT2D eigenvalue weighted by Gasteiger charge is -2.10. The van der Waals surface area contributed by atoms with E-state index in [1.807, 2.05) is 23.6 Å². The highest BCUT2D eigenvalue weighted by atomic mass is 79.9. The first-order valence-electron chi connectivity index (χ1n) is 8.33. The summed E-state index contributed by atoms with van der Waals surface area (Å²) in [5.41, 5.74) is 2.64. The van der Waals surface area contributed by atoms with Crippen molar-refractivity contribution in [1.29, 1.82) is 0 Å². The zero-order chi connectivity index (χ0) is 19.9. The van der Waals surface area contributed by atoms with E-state index < -0.39 is 0 Å². The van der Waals surface area contributed by atoms with E-state index >= 15 is 0 Å². The number of hydrogen-bond acceptors (Lipinski definition) is 6. The van der Waals surface area contributed by atoms with Gasteiger partial charge in [-0.25, -0.2) is 4.98 Å². The van der Waals surface area contributed by atoms with Crippen molar-refractivity contribution in [2.75, 3.05) is 14.2 Å². The van der Waals surface area contributed by atoms with Crippen LogP contribution in [-0.2, 0) is 11.3 Å². The predicted octanol–water partition coefficient (Wildman–Crippen LogP) is 4.31. The van der Waals surface area contributed by atoms with Gasteiger partial charge < -0.3 is 14.8 Å². The van der Waals surface area contributed by atoms with Gasteiger partial charge in [-0.15, -0.1) is 11.3 Å². The van der Waals surface area contributed by atoms with E-state index in [0.717, 1.165) is 26.3 Å². The van der Waals surface area contributed by atoms with Crippen LogP contribution < -0.4 is 14.8 Å². The number of carbonyl (C=O) groups is 1. The van der Waals surface area contributed by atoms with Crippen LogP contribution in [0.25, 0.3) is 16.6 Å². The van der Waals surface area contributed by atoms with Crippen LogP contribution >= 0.6 is 27.3 Å². The number of carbonyl (C=O) groups excluding carboxylic acids is 1. The Hall–Kier alpha value is -2.71. The number of nitrogens with one attached hydrogen (secondary N) is 1. The van der Waals surface area contributed by atoms with Crippen LogP contribution in [0.2, 0.25) is 0 Å². The van der Waals surface area contributed by atoms with Gasteiger partial charge in [0.25, 0.3) is 0 Å². The van der Waals surface area contributed by atoms with Crippen LogP contribution in [0.3, 0.4) is 0 Å². The Balaban J connectivity index is 1.60. The molecule has 6 nitrogen and oxygen atoms in total. The van der Waals surface area contributed by atoms with Crippen molar-refractivity contribution in [1.82, 2.24) is 15.3 Å². The topological polar surface area (TPSA) is 73.3 Å². The van der Waals surface area contributed by atoms with Crippen molar-refractivity contribution in [3.63, 3.8) is 0 Å². The van der Waals surface area contributed by atoms with E-state index in [2.05, 4.69) is 31.2 Å². The molecule has 2 heterocycles. The molecule has 144 valence electrons. The number of rotatable bonds is 7. The zero-order valence-corrected chi connectivity index (χ0v) is 17.7. The molecule has 3 rings (SSSR count). The lowest BCUT2D eigenvalue weighted by molar-refractivity contribution is -0.116. The summed E-state index contributed by atoms with van der Waals surface area (Å²) in [6.07, 6.45) is 6.65. The van der Waals surface area contributed by atoms with E-state index in [1.165, 1.54) is 17.4 Å². The van der Waals surface area contributed by atoms with Gasteiger partial charge in [-0.1, -0.05) is 0 Å². The minimum atomic E-state index is -0.204. The summed E-state index contributed by atoms with van der Waals surface area (Å²) in [4.78, 5) is 20.7. The molecule has 0 fully saturated rings. The highest BCUT2D eigenvalue weighted by Crippen LogP contribution is 2.36. The fraction of sp³-hybridized carbons (Fsp3) is 0.150. The van der Waals surface area contributed by atoms with E-state index in [-0.39, 0.29) is 5.91 Å². The third-order valence-electron chi connectivity index (χ3n) is 3.81. The number of thiazole rings is 1. The molecule has 1 amide bonds. The number of ether oxygens (including phenoxy) is 2. The van der Waals surface area contributed by atoms with Gasteiger partial charge in [-0.05, 0) is 51.8 Å². The molecule has 1 N–H and O–H groups in total. The molecule has 0 spiro atoms. The average molecular weight is 460 g/mol. The summed E-state index contributed by atoms with van der Waals surface area (Å²) < 4.78 is 11.3. The molecule has 0 saturated carbocycles. The quantitative estimate of drug-likeness (QED) is 0.532. The highest BCUT2D eigenvalue weighted by Gasteiger charge is 2.10. The lowest BCUT2D eigenvalue weighted by atomic mass is 10.2. The molecule has 2 aromatic heterocycles. The Morgan fingerprint density at radius 2 is 2.04 bits per heavy atom. The van der Waals surface area contributed by atoms with Gasteiger partial charge in [-0.2, -0.15) is 0 Å². The monoisotopic (exact) mass is 459 g/mol. The van der Waals surface area contributed by atoms with Crippen LogP contribution in [0, 0.1) is 0 Å². The van der Waals surface area contributed by atoms with Gasteiger partial charge in [0.05, 0.1) is 30.9 Å². The third kappa shape index (κ3) is 4.96. The average Bonchev–Trinajstić information content (AvgIpc) is 3.20. The molecule has 0 unspecified atom stereocenters. The maximum Gasteiger partial charge on any atom is 0.244 e. The van der Waals surface area contributed by atoms with Crippen LogP contribution in [0.1, 0.15) is 11.3 Å². The number of benzene rings is 1. The molecule has 0 aliphatic rings. The number of methoxy groups -OCH3 is 2. The summed E-state index contributed by atoms with van der Waals surface area (Å²) in [5.74, 6) is 0.991. The van der Waals surface area contributed by atoms with Crippen LogP contribution in [0.4, 0.5) is 0 Å². The second-order valence-electron chi connectivity index (χ2n) is 5.67. The van der Waals surface area contributed by atoms with Crippen LogP contribution in [0.15, 0.2) is 52.6 Å². The molecule has 0 aliphatic heterocycles. The number of aromatic nitrogens is 2. The minimum absolute atomic E-state index is 0.204. The fourth-order valence-electron chi connectivity index (χ4n) is 2.46. The molecule has 0 atom stereocenters. The maximum atomic E-state index is 12.1. The maximum absolute atomic E-state index is 12.1. The Morgan fingerprint density at radius 1 is 1.25 bits per heavy atom. The number of halogens is 1. The molecule has 0 bridgehead atoms. The molecular formula is C20H18BrN3O3S. The van der Waals surface area contributed by atoms with Gasteiger partial charge in [0, 0.05) is 29.4 Å². The van der Waals surface area contributed by atoms with Crippen molar-refractivity contribution in [2.45, 2.75) is 6.54 Å². The predicted molar refractivity (Wildman–Crippen MR) is 113 cm³/mol. The molecular weight excluding hydrogens is 442 g/mol. The van der Waals surface area contributed by atoms with Gasteiger partial charge >= 0.3 is 0 Å². The van der Waals surface area contributed by atoms with Crippen molar-refractivity contribution in [3.8, 4) is 22.1 Å². The molecule has 1 aromatic carbocycles. The summed E-state index contributed by atoms with van der Waals surface area (Å²) >= 11 is 4.97. The highest BCUT2D eigenvalue weighted by molar-refractivity contribution is 9.10. The molecule has 0 saturated heterocycles. The first-order valence-corrected chi connectivity index (χ1v) is 10.00. The Labute approximate surface area is 175 Å². The van der Waals surface area contributed by atoms with Crippen LogP contribution in [-0.4, -0.2) is 30.1 Å². The van der Waals surface area contributed by atoms with Gasteiger partial charge in [0.2, 0.25) is 5.91 Å². The summed E-state index contributed by atoms with van der Waals surface area (Å²) in [6.45, 7) is 0.361. The summed E-state index contributed by atoms with van der Waals surface area (Å²) in [7, 11) is 3.14. The van der Waals surface area contributed by atoms with Gasteiger partial charge in [0.1, 0.15) is 5.01 Å². The SMILES string of the molecule is COc1cc(/C=C/C(=O)NCc2csc(-c3ccncc3)n2)cc(Br)c1OC. The fourth-order valence-corrected chi connectivity index (χ4v) is 3.91. The van der Waals surface area contributed by atoms with E-state index in [1.54, 1.807) is 38.8 Å². The van der Waals surface area contributed by atoms with Crippen molar-refractivity contribution < 1.29 is 14.3 Å². The Morgan fingerprint density at radius 3 is 2.75 bits per heavy atom. The van der Waals surface area contributed by atoms with Crippen molar-refractivity contribution >= 4 is 39.2 Å². The smallest absolute Gasteiger partial charge is 0.244 e. The first kappa shape index (κ1) is 20.0. The van der Waals surface area contributed by atoms with Crippen molar-refractivity contribution in [2.24, 2.45) is 0 Å². The second kappa shape index (κ2) is 9.48. The van der Waals surface area contributed by atoms with E-state index in [4.69, 9.17) is 9.47 Å². The summed E-state index contributed by atoms with van der Waals surface area (Å²) in [6, 6.07) is 7.47. The molecule has 3 aromatic rings. The largest absolute Gasteiger partial charge is 0.493 e. The van der Waals surface area contributed by atoms with E-state index in [0.29, 0.717) is 18.0 Å². The van der Waals surface area contributed by atoms with Gasteiger partial charge in [-0.3, -0.25) is 9.78 Å². The molecule has 0 radical (unpaired) electrons. The lowest BCUT2D eigenvalue weighted by Crippen LogP contribution is -2.20. The Kier molecular flexibility index (Phi) is 6.78. The third-order valence-corrected chi connectivity index (χ3v) is 5.34. The molecule has 28 heavy (non-hydrogen) atoms. The number of nitrogens with zero attached hydrogens (tertiary/aromatic N) is 2. The normalized spacial score (nSPS) is 10.8. The number of amides is 1. The standard InChI is InChI=1S/C20H18BrN3O3S/c1-26-17-10-13(9-16(21)19(17)27-2)3-4-18(25)23-11-15-12-28-20(24-15)14-5-7-22-8-6-14/h3-10,12H,11H2,1-2H3,(H,23,25)/b4-3+. The molecule has 0 aliphatic carbocycles. The van der Waals surface area contributed by atoms with E-state index in [9.17, 15) is 4.79 Å². The number of hydrogen-bond donors (Lipinski definition) is 1. The molecule has 8 heteroatoms. The minimum Gasteiger partial charge on any atom is -0.493 e. The van der Waals surface area contributed by atoms with Crippen molar-refractivity contribution in [3.05, 3.63) is 63.8 Å². The van der Waals surface area contributed by atoms with Crippen LogP contribution in [0.5, 0.6) is 11.5 Å². The Bertz CT molecular complexity index is 990.